The molecule has 4 N–H and O–H groups in total. The molecule has 1 aromatic rings. The van der Waals surface area contributed by atoms with Crippen molar-refractivity contribution < 1.29 is 29.3 Å². The van der Waals surface area contributed by atoms with E-state index >= 15 is 0 Å². The summed E-state index contributed by atoms with van der Waals surface area (Å²) in [7, 11) is 0. The number of nitrogens with zero attached hydrogens (tertiary/aromatic N) is 2. The first-order chi connectivity index (χ1) is 12.3. The normalized spacial score (nSPS) is 11.7. The Morgan fingerprint density at radius 2 is 1.27 bits per heavy atom. The zero-order valence-corrected chi connectivity index (χ0v) is 15.0. The zero-order chi connectivity index (χ0) is 19.7. The summed E-state index contributed by atoms with van der Waals surface area (Å²) >= 11 is 0. The van der Waals surface area contributed by atoms with Crippen molar-refractivity contribution in [3.8, 4) is 11.5 Å². The lowest BCUT2D eigenvalue weighted by Crippen LogP contribution is -2.21. The van der Waals surface area contributed by atoms with Gasteiger partial charge in [-0.3, -0.25) is 0 Å². The van der Waals surface area contributed by atoms with Gasteiger partial charge >= 0.3 is 12.2 Å². The Bertz CT molecular complexity index is 672. The lowest BCUT2D eigenvalue weighted by Gasteiger charge is -2.10. The predicted octanol–water partition coefficient (Wildman–Crippen LogP) is 2.04. The summed E-state index contributed by atoms with van der Waals surface area (Å²) in [5, 5.41) is 27.7. The molecule has 0 aliphatic rings. The van der Waals surface area contributed by atoms with Gasteiger partial charge in [-0.25, -0.2) is 20.4 Å². The van der Waals surface area contributed by atoms with Crippen molar-refractivity contribution >= 4 is 23.6 Å². The van der Waals surface area contributed by atoms with E-state index in [4.69, 9.17) is 0 Å². The first-order valence-corrected chi connectivity index (χ1v) is 7.80. The molecule has 0 aliphatic carbocycles. The highest BCUT2D eigenvalue weighted by molar-refractivity contribution is 6.07. The van der Waals surface area contributed by atoms with Crippen LogP contribution in [0.1, 0.15) is 38.8 Å². The number of rotatable bonds is 6. The van der Waals surface area contributed by atoms with Crippen LogP contribution in [0.5, 0.6) is 11.5 Å². The van der Waals surface area contributed by atoms with E-state index in [0.717, 1.165) is 6.07 Å². The molecule has 0 bridgehead atoms. The molecular formula is C16H22N4O6. The summed E-state index contributed by atoms with van der Waals surface area (Å²) in [4.78, 5) is 22.6. The second-order valence-electron chi connectivity index (χ2n) is 4.95. The highest BCUT2D eigenvalue weighted by atomic mass is 16.6. The van der Waals surface area contributed by atoms with E-state index in [-0.39, 0.29) is 47.3 Å². The monoisotopic (exact) mass is 366 g/mol. The maximum absolute atomic E-state index is 11.3. The molecule has 2 amide bonds. The minimum atomic E-state index is -0.735. The number of hydrazone groups is 2. The van der Waals surface area contributed by atoms with Crippen molar-refractivity contribution in [1.29, 1.82) is 0 Å². The number of aromatic hydroxyl groups is 2. The molecule has 0 aromatic heterocycles. The van der Waals surface area contributed by atoms with Crippen molar-refractivity contribution in [3.63, 3.8) is 0 Å². The largest absolute Gasteiger partial charge is 0.507 e. The maximum atomic E-state index is 11.3. The van der Waals surface area contributed by atoms with Crippen molar-refractivity contribution in [3.05, 3.63) is 23.3 Å². The number of hydrogen-bond acceptors (Lipinski definition) is 8. The minimum Gasteiger partial charge on any atom is -0.507 e. The highest BCUT2D eigenvalue weighted by Gasteiger charge is 2.14. The molecule has 0 atom stereocenters. The van der Waals surface area contributed by atoms with Crippen LogP contribution < -0.4 is 10.9 Å². The van der Waals surface area contributed by atoms with Crippen LogP contribution in [0.25, 0.3) is 0 Å². The Morgan fingerprint density at radius 1 is 0.885 bits per heavy atom. The van der Waals surface area contributed by atoms with Gasteiger partial charge in [0.15, 0.2) is 0 Å². The quantitative estimate of drug-likeness (QED) is 0.448. The average molecular weight is 366 g/mol. The van der Waals surface area contributed by atoms with Gasteiger partial charge < -0.3 is 19.7 Å². The minimum absolute atomic E-state index is 0.193. The third-order valence-corrected chi connectivity index (χ3v) is 3.07. The van der Waals surface area contributed by atoms with E-state index in [1.807, 2.05) is 0 Å². The molecule has 0 radical (unpaired) electrons. The average Bonchev–Trinajstić information content (AvgIpc) is 2.58. The van der Waals surface area contributed by atoms with Crippen LogP contribution in [0.15, 0.2) is 22.3 Å². The Morgan fingerprint density at radius 3 is 1.62 bits per heavy atom. The van der Waals surface area contributed by atoms with Crippen molar-refractivity contribution in [2.24, 2.45) is 10.2 Å². The van der Waals surface area contributed by atoms with Crippen LogP contribution >= 0.6 is 0 Å². The summed E-state index contributed by atoms with van der Waals surface area (Å²) in [6, 6.07) is 2.53. The molecule has 0 saturated heterocycles. The summed E-state index contributed by atoms with van der Waals surface area (Å²) in [6.45, 7) is 6.79. The number of hydrogen-bond donors (Lipinski definition) is 4. The number of carbonyl (C=O) groups is 2. The van der Waals surface area contributed by atoms with Gasteiger partial charge in [-0.05, 0) is 33.8 Å². The molecule has 0 aliphatic heterocycles. The second kappa shape index (κ2) is 9.87. The summed E-state index contributed by atoms with van der Waals surface area (Å²) < 4.78 is 9.37. The first-order valence-electron chi connectivity index (χ1n) is 7.80. The first kappa shape index (κ1) is 20.7. The van der Waals surface area contributed by atoms with E-state index in [0.29, 0.717) is 0 Å². The van der Waals surface area contributed by atoms with Crippen LogP contribution in [0, 0.1) is 0 Å². The van der Waals surface area contributed by atoms with Gasteiger partial charge in [0, 0.05) is 17.2 Å². The molecule has 10 heteroatoms. The molecule has 1 aromatic carbocycles. The van der Waals surface area contributed by atoms with E-state index in [9.17, 15) is 19.8 Å². The Hall–Kier alpha value is -3.30. The van der Waals surface area contributed by atoms with Gasteiger partial charge in [-0.2, -0.15) is 10.2 Å². The van der Waals surface area contributed by atoms with E-state index in [1.54, 1.807) is 27.7 Å². The Labute approximate surface area is 150 Å². The van der Waals surface area contributed by atoms with Crippen LogP contribution in [-0.4, -0.2) is 47.0 Å². The van der Waals surface area contributed by atoms with Gasteiger partial charge in [0.1, 0.15) is 11.5 Å². The van der Waals surface area contributed by atoms with Crippen LogP contribution in [0.4, 0.5) is 9.59 Å². The van der Waals surface area contributed by atoms with E-state index in [1.165, 1.54) is 6.07 Å². The van der Waals surface area contributed by atoms with Crippen LogP contribution in [-0.2, 0) is 9.47 Å². The molecular weight excluding hydrogens is 344 g/mol. The number of ether oxygens (including phenoxy) is 2. The number of carbonyl (C=O) groups excluding carboxylic acids is 2. The Balaban J connectivity index is 3.08. The maximum Gasteiger partial charge on any atom is 0.427 e. The fraction of sp³-hybridized carbons (Fsp3) is 0.375. The highest BCUT2D eigenvalue weighted by Crippen LogP contribution is 2.28. The number of amides is 2. The molecule has 10 nitrogen and oxygen atoms in total. The molecule has 0 heterocycles. The zero-order valence-electron chi connectivity index (χ0n) is 15.0. The molecule has 1 rings (SSSR count). The molecule has 26 heavy (non-hydrogen) atoms. The number of nitrogens with one attached hydrogen (secondary N) is 2. The third kappa shape index (κ3) is 5.96. The molecule has 142 valence electrons. The standard InChI is InChI=1S/C16H22N4O6/c1-5-25-15(23)19-17-9(3)11-7-12(14(22)8-13(11)21)10(4)18-20-16(24)26-6-2/h7-8,21-22H,5-6H2,1-4H3,(H,19,23)(H,20,24). The fourth-order valence-corrected chi connectivity index (χ4v) is 1.86. The second-order valence-corrected chi connectivity index (χ2v) is 4.95. The lowest BCUT2D eigenvalue weighted by atomic mass is 10.0. The smallest absolute Gasteiger partial charge is 0.427 e. The van der Waals surface area contributed by atoms with Crippen LogP contribution in [0.2, 0.25) is 0 Å². The molecule has 0 unspecified atom stereocenters. The summed E-state index contributed by atoms with van der Waals surface area (Å²) in [6.07, 6.45) is -1.47. The number of phenolic OH excluding ortho intramolecular Hbond substituents is 2. The number of phenols is 2. The van der Waals surface area contributed by atoms with Crippen molar-refractivity contribution in [1.82, 2.24) is 10.9 Å². The Kier molecular flexibility index (Phi) is 7.87. The van der Waals surface area contributed by atoms with E-state index < -0.39 is 12.2 Å². The SMILES string of the molecule is CCOC(=O)NN=C(C)c1cc(C(C)=NNC(=O)OCC)c(O)cc1O. The van der Waals surface area contributed by atoms with Gasteiger partial charge in [0.05, 0.1) is 24.6 Å². The molecule has 0 saturated carbocycles. The van der Waals surface area contributed by atoms with Gasteiger partial charge in [0.25, 0.3) is 0 Å². The predicted molar refractivity (Wildman–Crippen MR) is 94.5 cm³/mol. The van der Waals surface area contributed by atoms with Crippen LogP contribution in [0.3, 0.4) is 0 Å². The molecule has 0 spiro atoms. The van der Waals surface area contributed by atoms with Gasteiger partial charge in [-0.15, -0.1) is 0 Å². The van der Waals surface area contributed by atoms with Gasteiger partial charge in [-0.1, -0.05) is 0 Å². The topological polar surface area (TPSA) is 142 Å². The summed E-state index contributed by atoms with van der Waals surface area (Å²) in [5.74, 6) is -0.492. The van der Waals surface area contributed by atoms with Crippen molar-refractivity contribution in [2.45, 2.75) is 27.7 Å². The van der Waals surface area contributed by atoms with E-state index in [2.05, 4.69) is 30.5 Å². The molecule has 0 fully saturated rings. The third-order valence-electron chi connectivity index (χ3n) is 3.07. The fourth-order valence-electron chi connectivity index (χ4n) is 1.86. The van der Waals surface area contributed by atoms with Gasteiger partial charge in [0.2, 0.25) is 0 Å². The van der Waals surface area contributed by atoms with Crippen molar-refractivity contribution in [2.75, 3.05) is 13.2 Å². The number of benzene rings is 1. The summed E-state index contributed by atoms with van der Waals surface area (Å²) in [5.41, 5.74) is 5.39. The lowest BCUT2D eigenvalue weighted by molar-refractivity contribution is 0.151.